The molecule has 0 bridgehead atoms. The van der Waals surface area contributed by atoms with Crippen molar-refractivity contribution in [3.63, 3.8) is 0 Å². The van der Waals surface area contributed by atoms with Crippen LogP contribution in [0.3, 0.4) is 0 Å². The molecular weight excluding hydrogens is 302 g/mol. The van der Waals surface area contributed by atoms with Crippen molar-refractivity contribution in [2.45, 2.75) is 33.2 Å². The highest BCUT2D eigenvalue weighted by molar-refractivity contribution is 5.94. The summed E-state index contributed by atoms with van der Waals surface area (Å²) in [5.41, 5.74) is 3.67. The molecule has 0 aliphatic carbocycles. The molecule has 1 atom stereocenters. The topological polar surface area (TPSA) is 55.4 Å². The van der Waals surface area contributed by atoms with Gasteiger partial charge in [-0.25, -0.2) is 0 Å². The fraction of sp³-hybridized carbons (Fsp3) is 0.300. The van der Waals surface area contributed by atoms with Crippen molar-refractivity contribution in [3.05, 3.63) is 70.8 Å². The van der Waals surface area contributed by atoms with E-state index in [0.29, 0.717) is 12.2 Å². The Kier molecular flexibility index (Phi) is 6.13. The molecule has 2 rings (SSSR count). The standard InChI is InChI=1S/C20H23NO3/c1-4-24-19(22)13-18(16-9-5-14(2)6-10-16)21-20(23)17-11-7-15(3)8-12-17/h5-12,18H,4,13H2,1-3H3,(H,21,23)/t18-/m0/s1. The van der Waals surface area contributed by atoms with Gasteiger partial charge in [0.2, 0.25) is 0 Å². The van der Waals surface area contributed by atoms with Crippen LogP contribution in [-0.2, 0) is 9.53 Å². The smallest absolute Gasteiger partial charge is 0.308 e. The monoisotopic (exact) mass is 325 g/mol. The summed E-state index contributed by atoms with van der Waals surface area (Å²) in [7, 11) is 0. The van der Waals surface area contributed by atoms with Crippen molar-refractivity contribution >= 4 is 11.9 Å². The van der Waals surface area contributed by atoms with Gasteiger partial charge in [-0.2, -0.15) is 0 Å². The van der Waals surface area contributed by atoms with Crippen molar-refractivity contribution in [2.75, 3.05) is 6.61 Å². The summed E-state index contributed by atoms with van der Waals surface area (Å²) in [6, 6.07) is 14.7. The molecule has 4 heteroatoms. The number of hydrogen-bond donors (Lipinski definition) is 1. The average molecular weight is 325 g/mol. The minimum atomic E-state index is -0.418. The predicted molar refractivity (Wildman–Crippen MR) is 93.8 cm³/mol. The van der Waals surface area contributed by atoms with Gasteiger partial charge in [0.05, 0.1) is 19.1 Å². The maximum atomic E-state index is 12.5. The third-order valence-corrected chi connectivity index (χ3v) is 3.77. The first kappa shape index (κ1) is 17.7. The van der Waals surface area contributed by atoms with Gasteiger partial charge < -0.3 is 10.1 Å². The maximum absolute atomic E-state index is 12.5. The zero-order valence-electron chi connectivity index (χ0n) is 14.3. The van der Waals surface area contributed by atoms with Crippen LogP contribution in [0, 0.1) is 13.8 Å². The molecule has 2 aromatic rings. The summed E-state index contributed by atoms with van der Waals surface area (Å²) in [5.74, 6) is -0.530. The highest BCUT2D eigenvalue weighted by Crippen LogP contribution is 2.19. The second kappa shape index (κ2) is 8.29. The van der Waals surface area contributed by atoms with Crippen molar-refractivity contribution in [1.29, 1.82) is 0 Å². The third kappa shape index (κ3) is 4.95. The van der Waals surface area contributed by atoms with E-state index in [1.165, 1.54) is 0 Å². The molecule has 0 aromatic heterocycles. The summed E-state index contributed by atoms with van der Waals surface area (Å²) < 4.78 is 5.03. The summed E-state index contributed by atoms with van der Waals surface area (Å²) in [4.78, 5) is 24.4. The minimum absolute atomic E-state index is 0.106. The predicted octanol–water partition coefficient (Wildman–Crippen LogP) is 3.73. The van der Waals surface area contributed by atoms with Gasteiger partial charge in [-0.05, 0) is 38.5 Å². The lowest BCUT2D eigenvalue weighted by Crippen LogP contribution is -2.30. The van der Waals surface area contributed by atoms with E-state index < -0.39 is 6.04 Å². The number of aryl methyl sites for hydroxylation is 2. The van der Waals surface area contributed by atoms with Crippen LogP contribution in [0.15, 0.2) is 48.5 Å². The van der Waals surface area contributed by atoms with Crippen molar-refractivity contribution in [3.8, 4) is 0 Å². The molecule has 2 aromatic carbocycles. The third-order valence-electron chi connectivity index (χ3n) is 3.77. The largest absolute Gasteiger partial charge is 0.466 e. The molecule has 1 amide bonds. The molecule has 0 spiro atoms. The number of amides is 1. The van der Waals surface area contributed by atoms with Crippen LogP contribution >= 0.6 is 0 Å². The van der Waals surface area contributed by atoms with E-state index in [1.807, 2.05) is 50.2 Å². The Morgan fingerprint density at radius 2 is 1.50 bits per heavy atom. The highest BCUT2D eigenvalue weighted by Gasteiger charge is 2.20. The van der Waals surface area contributed by atoms with Crippen LogP contribution in [0.4, 0.5) is 0 Å². The van der Waals surface area contributed by atoms with Crippen LogP contribution in [0.25, 0.3) is 0 Å². The van der Waals surface area contributed by atoms with E-state index in [2.05, 4.69) is 5.32 Å². The fourth-order valence-corrected chi connectivity index (χ4v) is 2.38. The Morgan fingerprint density at radius 3 is 2.04 bits per heavy atom. The van der Waals surface area contributed by atoms with Crippen LogP contribution < -0.4 is 5.32 Å². The Morgan fingerprint density at radius 1 is 0.958 bits per heavy atom. The number of rotatable bonds is 6. The Labute approximate surface area is 142 Å². The zero-order chi connectivity index (χ0) is 17.5. The number of nitrogens with one attached hydrogen (secondary N) is 1. The second-order valence-electron chi connectivity index (χ2n) is 5.81. The van der Waals surface area contributed by atoms with Crippen LogP contribution in [0.1, 0.15) is 46.4 Å². The van der Waals surface area contributed by atoms with Gasteiger partial charge in [0, 0.05) is 5.56 Å². The lowest BCUT2D eigenvalue weighted by atomic mass is 10.0. The van der Waals surface area contributed by atoms with Crippen molar-refractivity contribution in [2.24, 2.45) is 0 Å². The fourth-order valence-electron chi connectivity index (χ4n) is 2.38. The summed E-state index contributed by atoms with van der Waals surface area (Å²) in [5, 5.41) is 2.94. The zero-order valence-corrected chi connectivity index (χ0v) is 14.3. The van der Waals surface area contributed by atoms with Crippen LogP contribution in [-0.4, -0.2) is 18.5 Å². The molecule has 0 aliphatic rings. The SMILES string of the molecule is CCOC(=O)C[C@H](NC(=O)c1ccc(C)cc1)c1ccc(C)cc1. The Bertz CT molecular complexity index is 690. The molecule has 126 valence electrons. The second-order valence-corrected chi connectivity index (χ2v) is 5.81. The molecule has 1 N–H and O–H groups in total. The molecule has 24 heavy (non-hydrogen) atoms. The van der Waals surface area contributed by atoms with Gasteiger partial charge in [-0.3, -0.25) is 9.59 Å². The Balaban J connectivity index is 2.18. The van der Waals surface area contributed by atoms with Crippen LogP contribution in [0.5, 0.6) is 0 Å². The van der Waals surface area contributed by atoms with Gasteiger partial charge in [-0.15, -0.1) is 0 Å². The minimum Gasteiger partial charge on any atom is -0.466 e. The summed E-state index contributed by atoms with van der Waals surface area (Å²) >= 11 is 0. The normalized spacial score (nSPS) is 11.6. The number of carbonyl (C=O) groups is 2. The highest BCUT2D eigenvalue weighted by atomic mass is 16.5. The van der Waals surface area contributed by atoms with E-state index in [4.69, 9.17) is 4.74 Å². The van der Waals surface area contributed by atoms with E-state index >= 15 is 0 Å². The van der Waals surface area contributed by atoms with Gasteiger partial charge in [0.15, 0.2) is 0 Å². The van der Waals surface area contributed by atoms with E-state index in [0.717, 1.165) is 16.7 Å². The van der Waals surface area contributed by atoms with Crippen LogP contribution in [0.2, 0.25) is 0 Å². The number of ether oxygens (including phenoxy) is 1. The van der Waals surface area contributed by atoms with Gasteiger partial charge >= 0.3 is 5.97 Å². The van der Waals surface area contributed by atoms with Gasteiger partial charge in [0.25, 0.3) is 5.91 Å². The summed E-state index contributed by atoms with van der Waals surface area (Å²) in [6.07, 6.45) is 0.106. The molecular formula is C20H23NO3. The average Bonchev–Trinajstić information content (AvgIpc) is 2.55. The lowest BCUT2D eigenvalue weighted by Gasteiger charge is -2.19. The lowest BCUT2D eigenvalue weighted by molar-refractivity contribution is -0.143. The first-order valence-electron chi connectivity index (χ1n) is 8.09. The molecule has 0 fully saturated rings. The molecule has 4 nitrogen and oxygen atoms in total. The van der Waals surface area contributed by atoms with Crippen molar-refractivity contribution in [1.82, 2.24) is 5.32 Å². The first-order chi connectivity index (χ1) is 11.5. The molecule has 0 unspecified atom stereocenters. The quantitative estimate of drug-likeness (QED) is 0.823. The van der Waals surface area contributed by atoms with E-state index in [-0.39, 0.29) is 18.3 Å². The molecule has 0 radical (unpaired) electrons. The molecule has 0 aliphatic heterocycles. The van der Waals surface area contributed by atoms with E-state index in [9.17, 15) is 9.59 Å². The maximum Gasteiger partial charge on any atom is 0.308 e. The molecule has 0 saturated heterocycles. The summed E-state index contributed by atoms with van der Waals surface area (Å²) in [6.45, 7) is 6.06. The number of benzene rings is 2. The number of hydrogen-bond acceptors (Lipinski definition) is 3. The van der Waals surface area contributed by atoms with Gasteiger partial charge in [-0.1, -0.05) is 47.5 Å². The number of esters is 1. The first-order valence-corrected chi connectivity index (χ1v) is 8.09. The van der Waals surface area contributed by atoms with Gasteiger partial charge in [0.1, 0.15) is 0 Å². The molecule has 0 saturated carbocycles. The Hall–Kier alpha value is -2.62. The van der Waals surface area contributed by atoms with Crippen molar-refractivity contribution < 1.29 is 14.3 Å². The number of carbonyl (C=O) groups excluding carboxylic acids is 2. The van der Waals surface area contributed by atoms with E-state index in [1.54, 1.807) is 19.1 Å². The molecule has 0 heterocycles.